The molecule has 1 aliphatic heterocycles. The molecule has 0 spiro atoms. The van der Waals surface area contributed by atoms with Crippen LogP contribution in [0.2, 0.25) is 0 Å². The Balaban J connectivity index is 1.72. The lowest BCUT2D eigenvalue weighted by Gasteiger charge is -2.35. The molecule has 18 heteroatoms. The van der Waals surface area contributed by atoms with Crippen LogP contribution in [0.1, 0.15) is 27.0 Å². The molecule has 3 aromatic rings. The van der Waals surface area contributed by atoms with Crippen LogP contribution in [0.4, 0.5) is 27.8 Å². The van der Waals surface area contributed by atoms with Crippen molar-refractivity contribution in [3.05, 3.63) is 65.0 Å². The topological polar surface area (TPSA) is 147 Å². The quantitative estimate of drug-likeness (QED) is 0.156. The van der Waals surface area contributed by atoms with Gasteiger partial charge in [0, 0.05) is 5.39 Å². The minimum Gasteiger partial charge on any atom is -0.462 e. The predicted octanol–water partition coefficient (Wildman–Crippen LogP) is 3.90. The third-order valence-electron chi connectivity index (χ3n) is 6.57. The first-order valence-electron chi connectivity index (χ1n) is 13.0. The van der Waals surface area contributed by atoms with Gasteiger partial charge in [-0.15, -0.1) is 0 Å². The second-order valence-corrected chi connectivity index (χ2v) is 13.2. The van der Waals surface area contributed by atoms with Crippen LogP contribution in [0.3, 0.4) is 0 Å². The summed E-state index contributed by atoms with van der Waals surface area (Å²) in [5.74, 6) is -7.83. The van der Waals surface area contributed by atoms with Gasteiger partial charge in [-0.05, 0) is 44.0 Å². The molecule has 5 atom stereocenters. The van der Waals surface area contributed by atoms with Crippen molar-refractivity contribution in [1.29, 1.82) is 0 Å². The Morgan fingerprint density at radius 1 is 1.23 bits per heavy atom. The minimum absolute atomic E-state index is 0.0688. The Labute approximate surface area is 252 Å². The van der Waals surface area contributed by atoms with Crippen molar-refractivity contribution in [2.45, 2.75) is 63.2 Å². The lowest BCUT2D eigenvalue weighted by molar-refractivity contribution is -0.241. The lowest BCUT2D eigenvalue weighted by Crippen LogP contribution is -2.57. The SMILES string of the molecule is CC(C)OC(=O)[C@H](C)NP(=S)(OC[C@@]1(C(F)F)O[C@@H](n2cc(F)c(N)nc2=O)[C@H](O)C1(F)F)Oc1cccc2ccccc12. The van der Waals surface area contributed by atoms with Crippen LogP contribution in [0, 0.1) is 5.82 Å². The number of esters is 1. The zero-order chi connectivity index (χ0) is 32.6. The highest BCUT2D eigenvalue weighted by Crippen LogP contribution is 2.55. The zero-order valence-corrected chi connectivity index (χ0v) is 25.0. The van der Waals surface area contributed by atoms with Gasteiger partial charge < -0.3 is 29.4 Å². The molecule has 4 N–H and O–H groups in total. The van der Waals surface area contributed by atoms with Crippen LogP contribution in [0.5, 0.6) is 5.75 Å². The smallest absolute Gasteiger partial charge is 0.351 e. The van der Waals surface area contributed by atoms with E-state index in [-0.39, 0.29) is 16.5 Å². The van der Waals surface area contributed by atoms with Crippen molar-refractivity contribution in [1.82, 2.24) is 14.6 Å². The summed E-state index contributed by atoms with van der Waals surface area (Å²) in [5, 5.41) is 14.1. The van der Waals surface area contributed by atoms with Gasteiger partial charge in [0.25, 0.3) is 6.43 Å². The molecule has 0 saturated carbocycles. The van der Waals surface area contributed by atoms with Crippen LogP contribution in [0.25, 0.3) is 10.8 Å². The van der Waals surface area contributed by atoms with Gasteiger partial charge in [0.1, 0.15) is 11.8 Å². The molecule has 2 heterocycles. The number of nitrogen functional groups attached to an aromatic ring is 1. The summed E-state index contributed by atoms with van der Waals surface area (Å²) in [6.45, 7) is -1.49. The number of nitrogens with two attached hydrogens (primary N) is 1. The fraction of sp³-hybridized carbons (Fsp3) is 0.423. The maximum atomic E-state index is 15.6. The number of nitrogens with zero attached hydrogens (tertiary/aromatic N) is 2. The van der Waals surface area contributed by atoms with E-state index in [4.69, 9.17) is 36.1 Å². The third kappa shape index (κ3) is 6.43. The van der Waals surface area contributed by atoms with Crippen LogP contribution in [-0.4, -0.2) is 63.4 Å². The van der Waals surface area contributed by atoms with E-state index in [2.05, 4.69) is 10.1 Å². The Morgan fingerprint density at radius 3 is 2.55 bits per heavy atom. The summed E-state index contributed by atoms with van der Waals surface area (Å²) in [4.78, 5) is 27.9. The third-order valence-corrected chi connectivity index (χ3v) is 9.04. The van der Waals surface area contributed by atoms with Gasteiger partial charge in [-0.25, -0.2) is 23.1 Å². The highest BCUT2D eigenvalue weighted by Gasteiger charge is 2.74. The van der Waals surface area contributed by atoms with Gasteiger partial charge in [0.15, 0.2) is 24.0 Å². The summed E-state index contributed by atoms with van der Waals surface area (Å²) in [7, 11) is 0. The van der Waals surface area contributed by atoms with Crippen molar-refractivity contribution in [2.75, 3.05) is 12.3 Å². The Morgan fingerprint density at radius 2 is 1.89 bits per heavy atom. The molecule has 1 fully saturated rings. The molecular weight excluding hydrogens is 638 g/mol. The van der Waals surface area contributed by atoms with Crippen LogP contribution in [-0.2, 0) is 30.6 Å². The fourth-order valence-electron chi connectivity index (χ4n) is 4.33. The number of anilines is 1. The van der Waals surface area contributed by atoms with Crippen LogP contribution >= 0.6 is 6.64 Å². The number of aliphatic hydroxyl groups excluding tert-OH is 1. The van der Waals surface area contributed by atoms with E-state index in [0.717, 1.165) is 0 Å². The largest absolute Gasteiger partial charge is 0.462 e. The number of carbonyl (C=O) groups is 1. The van der Waals surface area contributed by atoms with Crippen LogP contribution in [0.15, 0.2) is 53.5 Å². The zero-order valence-electron chi connectivity index (χ0n) is 23.3. The molecule has 1 unspecified atom stereocenters. The molecule has 4 rings (SSSR count). The molecule has 240 valence electrons. The summed E-state index contributed by atoms with van der Waals surface area (Å²) in [6.07, 6.45) is -9.97. The molecule has 1 saturated heterocycles. The van der Waals surface area contributed by atoms with E-state index in [9.17, 15) is 27.9 Å². The molecule has 0 aliphatic carbocycles. The summed E-state index contributed by atoms with van der Waals surface area (Å²) >= 11 is 5.52. The highest BCUT2D eigenvalue weighted by molar-refractivity contribution is 8.09. The van der Waals surface area contributed by atoms with E-state index in [1.54, 1.807) is 50.2 Å². The van der Waals surface area contributed by atoms with E-state index in [1.165, 1.54) is 13.0 Å². The molecule has 0 amide bonds. The highest BCUT2D eigenvalue weighted by atomic mass is 32.5. The molecule has 1 aromatic heterocycles. The fourth-order valence-corrected chi connectivity index (χ4v) is 6.74. The number of aliphatic hydroxyl groups is 1. The van der Waals surface area contributed by atoms with E-state index >= 15 is 8.78 Å². The van der Waals surface area contributed by atoms with Crippen molar-refractivity contribution in [2.24, 2.45) is 0 Å². The van der Waals surface area contributed by atoms with Gasteiger partial charge in [-0.2, -0.15) is 13.8 Å². The van der Waals surface area contributed by atoms with E-state index in [1.807, 2.05) is 0 Å². The van der Waals surface area contributed by atoms with E-state index < -0.39 is 79.0 Å². The van der Waals surface area contributed by atoms with Gasteiger partial charge in [-0.1, -0.05) is 36.4 Å². The molecule has 2 aromatic carbocycles. The normalized spacial score (nSPS) is 23.5. The number of carbonyl (C=O) groups excluding carboxylic acids is 1. The van der Waals surface area contributed by atoms with Crippen molar-refractivity contribution in [3.8, 4) is 5.75 Å². The van der Waals surface area contributed by atoms with Gasteiger partial charge >= 0.3 is 24.2 Å². The number of hydrogen-bond acceptors (Lipinski definition) is 10. The molecule has 0 radical (unpaired) electrons. The number of nitrogens with one attached hydrogen (secondary N) is 1. The monoisotopic (exact) mass is 666 g/mol. The minimum atomic E-state index is -4.81. The number of rotatable bonds is 11. The maximum Gasteiger partial charge on any atom is 0.351 e. The summed E-state index contributed by atoms with van der Waals surface area (Å²) < 4.78 is 95.9. The average Bonchev–Trinajstić information content (AvgIpc) is 3.15. The summed E-state index contributed by atoms with van der Waals surface area (Å²) in [5.41, 5.74) is -0.194. The number of fused-ring (bicyclic) bond motifs is 1. The molecule has 44 heavy (non-hydrogen) atoms. The molecule has 0 bridgehead atoms. The predicted molar refractivity (Wildman–Crippen MR) is 151 cm³/mol. The second-order valence-electron chi connectivity index (χ2n) is 10.1. The Kier molecular flexibility index (Phi) is 9.68. The van der Waals surface area contributed by atoms with Gasteiger partial charge in [0.05, 0.1) is 18.9 Å². The number of alkyl halides is 4. The number of aromatic nitrogens is 2. The second kappa shape index (κ2) is 12.7. The van der Waals surface area contributed by atoms with Crippen molar-refractivity contribution >= 4 is 41.0 Å². The standard InChI is InChI=1S/C26H28F5N4O7PS/c1-13(2)40-22(37)14(3)34-43(44,42-18-10-6-8-15-7-4-5-9-16(15)18)39-12-25(23(28)29)26(30,31)19(36)21(41-25)35-11-17(27)20(32)33-24(35)38/h4-11,13-14,19,21,23,36H,12H2,1-3H3,(H,34,44)(H2,32,33,38)/t14-,19-,21+,25-,43?/m0/s1. The lowest BCUT2D eigenvalue weighted by atomic mass is 9.95. The Bertz CT molecular complexity index is 1640. The molecular formula is C26H28F5N4O7PS. The number of benzene rings is 2. The maximum absolute atomic E-state index is 15.6. The van der Waals surface area contributed by atoms with Crippen molar-refractivity contribution in [3.63, 3.8) is 0 Å². The Hall–Kier alpha value is -3.21. The first-order chi connectivity index (χ1) is 20.5. The van der Waals surface area contributed by atoms with Crippen LogP contribution < -0.4 is 21.0 Å². The number of ether oxygens (including phenoxy) is 2. The van der Waals surface area contributed by atoms with Gasteiger partial charge in [0.2, 0.25) is 5.60 Å². The molecule has 1 aliphatic rings. The summed E-state index contributed by atoms with van der Waals surface area (Å²) in [6, 6.07) is 10.3. The van der Waals surface area contributed by atoms with Crippen molar-refractivity contribution < 1.29 is 50.4 Å². The number of hydrogen-bond donors (Lipinski definition) is 3. The van der Waals surface area contributed by atoms with E-state index in [0.29, 0.717) is 10.8 Å². The molecule has 11 nitrogen and oxygen atoms in total. The number of halogens is 5. The first-order valence-corrected chi connectivity index (χ1v) is 15.6. The average molecular weight is 667 g/mol. The van der Waals surface area contributed by atoms with Gasteiger partial charge in [-0.3, -0.25) is 9.36 Å². The first kappa shape index (κ1) is 33.7.